The van der Waals surface area contributed by atoms with Gasteiger partial charge in [0.2, 0.25) is 0 Å². The zero-order chi connectivity index (χ0) is 21.5. The second-order valence-electron chi connectivity index (χ2n) is 8.99. The van der Waals surface area contributed by atoms with Gasteiger partial charge >= 0.3 is 0 Å². The number of carbonyl (C=O) groups excluding carboxylic acids is 1. The van der Waals surface area contributed by atoms with E-state index >= 15 is 0 Å². The molecule has 0 amide bonds. The lowest BCUT2D eigenvalue weighted by molar-refractivity contribution is -0.122. The summed E-state index contributed by atoms with van der Waals surface area (Å²) >= 11 is 0. The smallest absolute Gasteiger partial charge is 0.151 e. The van der Waals surface area contributed by atoms with Crippen molar-refractivity contribution in [3.8, 4) is 0 Å². The highest BCUT2D eigenvalue weighted by Crippen LogP contribution is 2.25. The number of hydrogen-bond donors (Lipinski definition) is 2. The molecule has 0 aliphatic carbocycles. The minimum Gasteiger partial charge on any atom is -0.370 e. The van der Waals surface area contributed by atoms with Crippen LogP contribution in [0.25, 0.3) is 0 Å². The summed E-state index contributed by atoms with van der Waals surface area (Å²) in [6, 6.07) is 15.1. The van der Waals surface area contributed by atoms with Gasteiger partial charge < -0.3 is 10.6 Å². The van der Waals surface area contributed by atoms with Crippen molar-refractivity contribution >= 4 is 11.6 Å². The lowest BCUT2D eigenvalue weighted by Crippen LogP contribution is -2.45. The van der Waals surface area contributed by atoms with E-state index in [0.717, 1.165) is 69.7 Å². The molecule has 1 saturated heterocycles. The number of carbonyl (C=O) groups is 1. The second-order valence-corrected chi connectivity index (χ2v) is 8.99. The Labute approximate surface area is 186 Å². The van der Waals surface area contributed by atoms with E-state index < -0.39 is 0 Å². The number of aromatic nitrogens is 1. The van der Waals surface area contributed by atoms with Gasteiger partial charge in [-0.25, -0.2) is 4.98 Å². The number of pyridine rings is 1. The van der Waals surface area contributed by atoms with Crippen LogP contribution in [0.4, 0.5) is 5.82 Å². The van der Waals surface area contributed by atoms with Gasteiger partial charge in [0.05, 0.1) is 6.04 Å². The monoisotopic (exact) mass is 420 g/mol. The fourth-order valence-corrected chi connectivity index (χ4v) is 4.95. The molecule has 1 fully saturated rings. The maximum Gasteiger partial charge on any atom is 0.151 e. The molecule has 0 unspecified atom stereocenters. The topological polar surface area (TPSA) is 57.3 Å². The number of ketones is 1. The molecule has 1 aromatic carbocycles. The third-order valence-electron chi connectivity index (χ3n) is 6.64. The molecule has 5 nitrogen and oxygen atoms in total. The molecule has 1 atom stereocenters. The molecule has 5 heteroatoms. The first kappa shape index (κ1) is 22.0. The minimum atomic E-state index is -0.0965. The third-order valence-corrected chi connectivity index (χ3v) is 6.64. The number of fused-ring (bicyclic) bond motifs is 1. The van der Waals surface area contributed by atoms with E-state index in [1.165, 1.54) is 24.1 Å². The number of anilines is 1. The van der Waals surface area contributed by atoms with Crippen molar-refractivity contribution in [2.45, 2.75) is 64.0 Å². The normalized spacial score (nSPS) is 18.2. The SMILES string of the molecule is CC(=O)[C@@H](c1ccccc1)N1CCC(NCCCCc2ccc3c(n2)NCCC3)CC1. The van der Waals surface area contributed by atoms with Gasteiger partial charge in [0, 0.05) is 31.4 Å². The Bertz CT molecular complexity index is 846. The van der Waals surface area contributed by atoms with Gasteiger partial charge in [-0.3, -0.25) is 9.69 Å². The number of piperidine rings is 1. The Kier molecular flexibility index (Phi) is 7.71. The second kappa shape index (κ2) is 10.9. The van der Waals surface area contributed by atoms with Crippen LogP contribution in [0.3, 0.4) is 0 Å². The van der Waals surface area contributed by atoms with Crippen molar-refractivity contribution in [1.82, 2.24) is 15.2 Å². The lowest BCUT2D eigenvalue weighted by Gasteiger charge is -2.37. The Hall–Kier alpha value is -2.24. The highest BCUT2D eigenvalue weighted by Gasteiger charge is 2.28. The van der Waals surface area contributed by atoms with Crippen molar-refractivity contribution in [2.75, 3.05) is 31.5 Å². The maximum atomic E-state index is 12.3. The van der Waals surface area contributed by atoms with Crippen molar-refractivity contribution in [3.63, 3.8) is 0 Å². The molecule has 0 spiro atoms. The zero-order valence-corrected chi connectivity index (χ0v) is 18.8. The van der Waals surface area contributed by atoms with E-state index in [-0.39, 0.29) is 11.8 Å². The average Bonchev–Trinajstić information content (AvgIpc) is 2.80. The first-order valence-electron chi connectivity index (χ1n) is 12.0. The molecule has 3 heterocycles. The van der Waals surface area contributed by atoms with Crippen molar-refractivity contribution < 1.29 is 4.79 Å². The number of nitrogens with zero attached hydrogens (tertiary/aromatic N) is 2. The van der Waals surface area contributed by atoms with Crippen LogP contribution in [0.1, 0.15) is 61.9 Å². The van der Waals surface area contributed by atoms with Crippen molar-refractivity contribution in [3.05, 3.63) is 59.3 Å². The third kappa shape index (κ3) is 5.92. The molecular formula is C26H36N4O. The summed E-state index contributed by atoms with van der Waals surface area (Å²) in [5, 5.41) is 7.17. The molecule has 0 bridgehead atoms. The highest BCUT2D eigenvalue weighted by molar-refractivity contribution is 5.82. The molecule has 0 saturated carbocycles. The van der Waals surface area contributed by atoms with Gasteiger partial charge in [0.15, 0.2) is 5.78 Å². The molecule has 2 N–H and O–H groups in total. The van der Waals surface area contributed by atoms with Gasteiger partial charge in [-0.15, -0.1) is 0 Å². The molecule has 0 radical (unpaired) electrons. The summed E-state index contributed by atoms with van der Waals surface area (Å²) in [5.74, 6) is 1.34. The Morgan fingerprint density at radius 3 is 2.74 bits per heavy atom. The predicted octanol–water partition coefficient (Wildman–Crippen LogP) is 4.15. The van der Waals surface area contributed by atoms with Gasteiger partial charge in [-0.2, -0.15) is 0 Å². The molecule has 31 heavy (non-hydrogen) atoms. The van der Waals surface area contributed by atoms with E-state index in [4.69, 9.17) is 4.98 Å². The van der Waals surface area contributed by atoms with E-state index in [9.17, 15) is 4.79 Å². The number of benzene rings is 1. The van der Waals surface area contributed by atoms with E-state index in [2.05, 4.69) is 39.8 Å². The summed E-state index contributed by atoms with van der Waals surface area (Å²) in [4.78, 5) is 19.5. The van der Waals surface area contributed by atoms with Crippen molar-refractivity contribution in [2.24, 2.45) is 0 Å². The number of aryl methyl sites for hydroxylation is 2. The van der Waals surface area contributed by atoms with E-state index in [1.54, 1.807) is 6.92 Å². The van der Waals surface area contributed by atoms with E-state index in [1.807, 2.05) is 18.2 Å². The van der Waals surface area contributed by atoms with Gasteiger partial charge in [-0.1, -0.05) is 36.4 Å². The Balaban J connectivity index is 1.16. The number of rotatable bonds is 9. The van der Waals surface area contributed by atoms with Crippen LogP contribution in [0, 0.1) is 0 Å². The molecule has 4 rings (SSSR count). The predicted molar refractivity (Wildman–Crippen MR) is 126 cm³/mol. The van der Waals surface area contributed by atoms with Gasteiger partial charge in [0.25, 0.3) is 0 Å². The average molecular weight is 421 g/mol. The summed E-state index contributed by atoms with van der Waals surface area (Å²) in [6.07, 6.45) is 7.96. The van der Waals surface area contributed by atoms with Crippen LogP contribution in [0.15, 0.2) is 42.5 Å². The number of nitrogens with one attached hydrogen (secondary N) is 2. The number of hydrogen-bond acceptors (Lipinski definition) is 5. The van der Waals surface area contributed by atoms with Crippen LogP contribution in [-0.2, 0) is 17.6 Å². The number of likely N-dealkylation sites (tertiary alicyclic amines) is 1. The summed E-state index contributed by atoms with van der Waals surface area (Å²) < 4.78 is 0. The summed E-state index contributed by atoms with van der Waals surface area (Å²) in [5.41, 5.74) is 3.69. The lowest BCUT2D eigenvalue weighted by atomic mass is 9.97. The number of Topliss-reactive ketones (excluding diaryl/α,β-unsaturated/α-hetero) is 1. The quantitative estimate of drug-likeness (QED) is 0.597. The summed E-state index contributed by atoms with van der Waals surface area (Å²) in [7, 11) is 0. The van der Waals surface area contributed by atoms with Crippen LogP contribution in [-0.4, -0.2) is 47.9 Å². The molecule has 166 valence electrons. The molecule has 2 aliphatic heterocycles. The molecule has 2 aromatic rings. The number of unbranched alkanes of at least 4 members (excludes halogenated alkanes) is 1. The summed E-state index contributed by atoms with van der Waals surface area (Å²) in [6.45, 7) is 5.77. The maximum absolute atomic E-state index is 12.3. The Morgan fingerprint density at radius 2 is 1.97 bits per heavy atom. The van der Waals surface area contributed by atoms with Gasteiger partial charge in [0.1, 0.15) is 5.82 Å². The Morgan fingerprint density at radius 1 is 1.16 bits per heavy atom. The van der Waals surface area contributed by atoms with Crippen LogP contribution in [0.5, 0.6) is 0 Å². The largest absolute Gasteiger partial charge is 0.370 e. The highest BCUT2D eigenvalue weighted by atomic mass is 16.1. The first-order chi connectivity index (χ1) is 15.2. The fraction of sp³-hybridized carbons (Fsp3) is 0.538. The van der Waals surface area contributed by atoms with E-state index in [0.29, 0.717) is 6.04 Å². The minimum absolute atomic E-state index is 0.0965. The van der Waals surface area contributed by atoms with Crippen molar-refractivity contribution in [1.29, 1.82) is 0 Å². The first-order valence-corrected chi connectivity index (χ1v) is 12.0. The van der Waals surface area contributed by atoms with Crippen LogP contribution in [0.2, 0.25) is 0 Å². The molecular weight excluding hydrogens is 384 g/mol. The standard InChI is InChI=1S/C26H36N4O/c1-20(31)25(21-8-3-2-4-9-21)30-18-14-23(15-19-30)27-16-6-5-11-24-13-12-22-10-7-17-28-26(22)29-24/h2-4,8-9,12-13,23,25,27H,5-7,10-11,14-19H2,1H3,(H,28,29)/t25-/m0/s1. The van der Waals surface area contributed by atoms with Crippen LogP contribution < -0.4 is 10.6 Å². The zero-order valence-electron chi connectivity index (χ0n) is 18.8. The molecule has 1 aromatic heterocycles. The molecule has 2 aliphatic rings. The van der Waals surface area contributed by atoms with Gasteiger partial charge in [-0.05, 0) is 75.6 Å². The van der Waals surface area contributed by atoms with Crippen LogP contribution >= 0.6 is 0 Å². The fourth-order valence-electron chi connectivity index (χ4n) is 4.95.